The van der Waals surface area contributed by atoms with E-state index in [0.717, 1.165) is 15.6 Å². The van der Waals surface area contributed by atoms with E-state index in [4.69, 9.17) is 0 Å². The Morgan fingerprint density at radius 2 is 2.12 bits per heavy atom. The van der Waals surface area contributed by atoms with Crippen molar-refractivity contribution in [3.63, 3.8) is 0 Å². The van der Waals surface area contributed by atoms with Gasteiger partial charge in [0.05, 0.1) is 0 Å². The second-order valence-corrected chi connectivity index (χ2v) is 6.35. The molecule has 2 nitrogen and oxygen atoms in total. The van der Waals surface area contributed by atoms with Crippen LogP contribution in [0.4, 0.5) is 0 Å². The van der Waals surface area contributed by atoms with Gasteiger partial charge in [-0.1, -0.05) is 38.8 Å². The zero-order valence-electron chi connectivity index (χ0n) is 9.63. The number of amides is 1. The molecule has 1 aromatic rings. The first-order valence-electron chi connectivity index (χ1n) is 5.07. The van der Waals surface area contributed by atoms with Crippen molar-refractivity contribution in [1.29, 1.82) is 0 Å². The summed E-state index contributed by atoms with van der Waals surface area (Å²) in [4.78, 5) is 14.1. The standard InChI is InChI=1S/C12H15Br2NO/c1-8-6-10(4-5-11(8)14)12(16)15(3)7-9(2)13/h4-6,9H,7H2,1-3H3. The lowest BCUT2D eigenvalue weighted by molar-refractivity contribution is 0.0797. The van der Waals surface area contributed by atoms with Crippen LogP contribution in [0.3, 0.4) is 0 Å². The highest BCUT2D eigenvalue weighted by Crippen LogP contribution is 2.18. The summed E-state index contributed by atoms with van der Waals surface area (Å²) in [6, 6.07) is 5.66. The van der Waals surface area contributed by atoms with Gasteiger partial charge >= 0.3 is 0 Å². The molecular weight excluding hydrogens is 334 g/mol. The van der Waals surface area contributed by atoms with Gasteiger partial charge in [0.1, 0.15) is 0 Å². The van der Waals surface area contributed by atoms with Crippen LogP contribution >= 0.6 is 31.9 Å². The largest absolute Gasteiger partial charge is 0.341 e. The van der Waals surface area contributed by atoms with Crippen LogP contribution < -0.4 is 0 Å². The molecule has 1 atom stereocenters. The van der Waals surface area contributed by atoms with Gasteiger partial charge in [-0.25, -0.2) is 0 Å². The highest BCUT2D eigenvalue weighted by Gasteiger charge is 2.13. The first-order valence-corrected chi connectivity index (χ1v) is 6.78. The molecule has 0 fully saturated rings. The molecule has 0 aliphatic rings. The lowest BCUT2D eigenvalue weighted by Gasteiger charge is -2.19. The third kappa shape index (κ3) is 3.59. The minimum atomic E-state index is 0.0573. The Morgan fingerprint density at radius 3 is 2.62 bits per heavy atom. The number of benzene rings is 1. The molecule has 4 heteroatoms. The van der Waals surface area contributed by atoms with Crippen LogP contribution in [0.5, 0.6) is 0 Å². The maximum absolute atomic E-state index is 12.0. The molecule has 1 amide bonds. The zero-order chi connectivity index (χ0) is 12.3. The number of carbonyl (C=O) groups excluding carboxylic acids is 1. The summed E-state index contributed by atoms with van der Waals surface area (Å²) in [6.07, 6.45) is 0. The van der Waals surface area contributed by atoms with E-state index < -0.39 is 0 Å². The molecule has 0 saturated heterocycles. The SMILES string of the molecule is Cc1cc(C(=O)N(C)CC(C)Br)ccc1Br. The van der Waals surface area contributed by atoms with Gasteiger partial charge in [0.15, 0.2) is 0 Å². The number of nitrogens with zero attached hydrogens (tertiary/aromatic N) is 1. The highest BCUT2D eigenvalue weighted by molar-refractivity contribution is 9.10. The first-order chi connectivity index (χ1) is 7.41. The highest BCUT2D eigenvalue weighted by atomic mass is 79.9. The lowest BCUT2D eigenvalue weighted by atomic mass is 10.1. The quantitative estimate of drug-likeness (QED) is 0.764. The van der Waals surface area contributed by atoms with Crippen molar-refractivity contribution in [3.8, 4) is 0 Å². The molecule has 0 aliphatic carbocycles. The monoisotopic (exact) mass is 347 g/mol. The molecule has 0 bridgehead atoms. The van der Waals surface area contributed by atoms with E-state index in [9.17, 15) is 4.79 Å². The Morgan fingerprint density at radius 1 is 1.50 bits per heavy atom. The average Bonchev–Trinajstić information content (AvgIpc) is 2.20. The van der Waals surface area contributed by atoms with Crippen molar-refractivity contribution in [2.24, 2.45) is 0 Å². The van der Waals surface area contributed by atoms with Crippen molar-refractivity contribution in [2.75, 3.05) is 13.6 Å². The van der Waals surface area contributed by atoms with Crippen LogP contribution in [0, 0.1) is 6.92 Å². The molecule has 1 aromatic carbocycles. The molecule has 0 heterocycles. The molecule has 16 heavy (non-hydrogen) atoms. The fraction of sp³-hybridized carbons (Fsp3) is 0.417. The van der Waals surface area contributed by atoms with Crippen LogP contribution in [-0.4, -0.2) is 29.2 Å². The Hall–Kier alpha value is -0.350. The smallest absolute Gasteiger partial charge is 0.253 e. The summed E-state index contributed by atoms with van der Waals surface area (Å²) in [5.41, 5.74) is 1.81. The molecule has 88 valence electrons. The number of halogens is 2. The Labute approximate surface area is 113 Å². The van der Waals surface area contributed by atoms with E-state index in [1.807, 2.05) is 39.1 Å². The van der Waals surface area contributed by atoms with Crippen LogP contribution in [0.2, 0.25) is 0 Å². The van der Waals surface area contributed by atoms with Gasteiger partial charge in [-0.05, 0) is 30.7 Å². The topological polar surface area (TPSA) is 20.3 Å². The van der Waals surface area contributed by atoms with Gasteiger partial charge in [0.25, 0.3) is 5.91 Å². The molecule has 0 saturated carbocycles. The van der Waals surface area contributed by atoms with Crippen LogP contribution in [0.15, 0.2) is 22.7 Å². The van der Waals surface area contributed by atoms with Gasteiger partial charge < -0.3 is 4.90 Å². The van der Waals surface area contributed by atoms with Gasteiger partial charge in [-0.15, -0.1) is 0 Å². The van der Waals surface area contributed by atoms with Gasteiger partial charge in [-0.3, -0.25) is 4.79 Å². The lowest BCUT2D eigenvalue weighted by Crippen LogP contribution is -2.31. The molecule has 1 unspecified atom stereocenters. The van der Waals surface area contributed by atoms with Crippen molar-refractivity contribution < 1.29 is 4.79 Å². The van der Waals surface area contributed by atoms with Crippen molar-refractivity contribution in [1.82, 2.24) is 4.90 Å². The van der Waals surface area contributed by atoms with Crippen molar-refractivity contribution >= 4 is 37.8 Å². The van der Waals surface area contributed by atoms with E-state index in [2.05, 4.69) is 31.9 Å². The summed E-state index contributed by atoms with van der Waals surface area (Å²) in [5, 5.41) is 0. The summed E-state index contributed by atoms with van der Waals surface area (Å²) in [7, 11) is 1.82. The molecule has 1 rings (SSSR count). The second-order valence-electron chi connectivity index (χ2n) is 3.93. The van der Waals surface area contributed by atoms with Gasteiger partial charge in [-0.2, -0.15) is 0 Å². The fourth-order valence-electron chi connectivity index (χ4n) is 1.46. The van der Waals surface area contributed by atoms with Crippen molar-refractivity contribution in [2.45, 2.75) is 18.7 Å². The van der Waals surface area contributed by atoms with E-state index in [-0.39, 0.29) is 5.91 Å². The summed E-state index contributed by atoms with van der Waals surface area (Å²) in [6.45, 7) is 4.71. The second kappa shape index (κ2) is 5.82. The van der Waals surface area contributed by atoms with Gasteiger partial charge in [0.2, 0.25) is 0 Å². The summed E-state index contributed by atoms with van der Waals surface area (Å²) < 4.78 is 1.03. The van der Waals surface area contributed by atoms with Crippen LogP contribution in [0.25, 0.3) is 0 Å². The predicted molar refractivity (Wildman–Crippen MR) is 74.2 cm³/mol. The summed E-state index contributed by atoms with van der Waals surface area (Å²) >= 11 is 6.86. The number of hydrogen-bond acceptors (Lipinski definition) is 1. The average molecular weight is 349 g/mol. The maximum atomic E-state index is 12.0. The molecule has 0 aromatic heterocycles. The van der Waals surface area contributed by atoms with E-state index >= 15 is 0 Å². The number of aryl methyl sites for hydroxylation is 1. The van der Waals surface area contributed by atoms with Gasteiger partial charge in [0, 0.05) is 28.5 Å². The van der Waals surface area contributed by atoms with Crippen LogP contribution in [-0.2, 0) is 0 Å². The Balaban J connectivity index is 2.84. The Kier molecular flexibility index (Phi) is 4.99. The predicted octanol–water partition coefficient (Wildman–Crippen LogP) is 3.61. The molecule has 0 N–H and O–H groups in total. The number of hydrogen-bond donors (Lipinski definition) is 0. The normalized spacial score (nSPS) is 12.3. The third-order valence-electron chi connectivity index (χ3n) is 2.28. The van der Waals surface area contributed by atoms with E-state index in [1.54, 1.807) is 4.90 Å². The summed E-state index contributed by atoms with van der Waals surface area (Å²) in [5.74, 6) is 0.0573. The first kappa shape index (κ1) is 13.7. The van der Waals surface area contributed by atoms with Crippen molar-refractivity contribution in [3.05, 3.63) is 33.8 Å². The van der Waals surface area contributed by atoms with Crippen LogP contribution in [0.1, 0.15) is 22.8 Å². The fourth-order valence-corrected chi connectivity index (χ4v) is 2.14. The molecular formula is C12H15Br2NO. The number of rotatable bonds is 3. The third-order valence-corrected chi connectivity index (χ3v) is 3.46. The zero-order valence-corrected chi connectivity index (χ0v) is 12.8. The molecule has 0 spiro atoms. The number of carbonyl (C=O) groups is 1. The Bertz CT molecular complexity index is 391. The maximum Gasteiger partial charge on any atom is 0.253 e. The molecule has 0 aliphatic heterocycles. The van der Waals surface area contributed by atoms with E-state index in [1.165, 1.54) is 0 Å². The molecule has 0 radical (unpaired) electrons. The number of alkyl halides is 1. The minimum absolute atomic E-state index is 0.0573. The van der Waals surface area contributed by atoms with E-state index in [0.29, 0.717) is 11.4 Å². The minimum Gasteiger partial charge on any atom is -0.341 e.